The van der Waals surface area contributed by atoms with Crippen molar-refractivity contribution in [1.82, 2.24) is 0 Å². The first-order valence-electron chi connectivity index (χ1n) is 9.08. The zero-order valence-corrected chi connectivity index (χ0v) is 15.2. The Morgan fingerprint density at radius 1 is 0.962 bits per heavy atom. The van der Waals surface area contributed by atoms with Crippen LogP contribution in [0.4, 0.5) is 4.39 Å². The van der Waals surface area contributed by atoms with Gasteiger partial charge in [0.2, 0.25) is 0 Å². The molecule has 134 valence electrons. The van der Waals surface area contributed by atoms with Crippen LogP contribution in [0.5, 0.6) is 0 Å². The number of nitrogens with zero attached hydrogens (tertiary/aromatic N) is 3. The summed E-state index contributed by atoms with van der Waals surface area (Å²) in [6.45, 7) is 2.20. The van der Waals surface area contributed by atoms with Crippen LogP contribution in [-0.2, 0) is 6.42 Å². The van der Waals surface area contributed by atoms with Crippen LogP contribution in [0.1, 0.15) is 61.3 Å². The maximum atomic E-state index is 14.1. The largest absolute Gasteiger partial charge is 0.206 e. The van der Waals surface area contributed by atoms with Gasteiger partial charge in [0.1, 0.15) is 5.82 Å². The second-order valence-electron chi connectivity index (χ2n) is 6.24. The maximum Gasteiger partial charge on any atom is 0.132 e. The van der Waals surface area contributed by atoms with E-state index in [2.05, 4.69) is 23.2 Å². The monoisotopic (exact) mass is 349 g/mol. The highest BCUT2D eigenvalue weighted by Gasteiger charge is 2.02. The van der Waals surface area contributed by atoms with Gasteiger partial charge in [0.05, 0.1) is 24.1 Å². The molecule has 0 amide bonds. The summed E-state index contributed by atoms with van der Waals surface area (Å²) in [6.07, 6.45) is 9.95. The zero-order valence-electron chi connectivity index (χ0n) is 15.2. The van der Waals surface area contributed by atoms with Crippen LogP contribution in [0.15, 0.2) is 52.7 Å². The number of aryl methyl sites for hydroxylation is 1. The molecule has 0 aromatic heterocycles. The summed E-state index contributed by atoms with van der Waals surface area (Å²) in [6, 6.07) is 14.3. The van der Waals surface area contributed by atoms with Gasteiger partial charge in [0.25, 0.3) is 0 Å². The minimum absolute atomic E-state index is 0.270. The molecule has 0 spiro atoms. The van der Waals surface area contributed by atoms with E-state index in [1.807, 2.05) is 6.07 Å². The van der Waals surface area contributed by atoms with Gasteiger partial charge in [-0.1, -0.05) is 56.9 Å². The molecule has 0 unspecified atom stereocenters. The van der Waals surface area contributed by atoms with Gasteiger partial charge < -0.3 is 0 Å². The molecular formula is C22H24FN3. The van der Waals surface area contributed by atoms with Gasteiger partial charge in [0.15, 0.2) is 0 Å². The third-order valence-corrected chi connectivity index (χ3v) is 4.14. The quantitative estimate of drug-likeness (QED) is 0.327. The molecule has 0 bridgehead atoms. The molecule has 4 heteroatoms. The predicted molar refractivity (Wildman–Crippen MR) is 105 cm³/mol. The molecule has 2 aromatic carbocycles. The van der Waals surface area contributed by atoms with Crippen molar-refractivity contribution < 1.29 is 4.39 Å². The molecule has 0 aliphatic carbocycles. The van der Waals surface area contributed by atoms with Crippen LogP contribution >= 0.6 is 0 Å². The molecule has 26 heavy (non-hydrogen) atoms. The van der Waals surface area contributed by atoms with Crippen LogP contribution in [-0.4, -0.2) is 12.4 Å². The molecular weight excluding hydrogens is 325 g/mol. The lowest BCUT2D eigenvalue weighted by molar-refractivity contribution is 0.614. The molecule has 0 saturated carbocycles. The van der Waals surface area contributed by atoms with Crippen LogP contribution in [0.25, 0.3) is 0 Å². The molecule has 3 nitrogen and oxygen atoms in total. The van der Waals surface area contributed by atoms with Crippen LogP contribution in [0.2, 0.25) is 0 Å². The Kier molecular flexibility index (Phi) is 8.21. The first-order valence-corrected chi connectivity index (χ1v) is 9.08. The van der Waals surface area contributed by atoms with Crippen molar-refractivity contribution in [3.63, 3.8) is 0 Å². The molecule has 0 saturated heterocycles. The average molecular weight is 349 g/mol. The lowest BCUT2D eigenvalue weighted by atomic mass is 10.0. The molecule has 0 fully saturated rings. The van der Waals surface area contributed by atoms with Gasteiger partial charge in [0, 0.05) is 5.56 Å². The maximum absolute atomic E-state index is 14.1. The van der Waals surface area contributed by atoms with E-state index in [0.717, 1.165) is 24.0 Å². The van der Waals surface area contributed by atoms with Gasteiger partial charge in [-0.3, -0.25) is 0 Å². The van der Waals surface area contributed by atoms with Crippen molar-refractivity contribution in [2.24, 2.45) is 10.2 Å². The normalized spacial score (nSPS) is 11.3. The second kappa shape index (κ2) is 10.9. The zero-order chi connectivity index (χ0) is 18.6. The average Bonchev–Trinajstić information content (AvgIpc) is 2.67. The lowest BCUT2D eigenvalue weighted by Crippen LogP contribution is -1.93. The summed E-state index contributed by atoms with van der Waals surface area (Å²) < 4.78 is 14.1. The Hall–Kier alpha value is -2.80. The first kappa shape index (κ1) is 19.5. The number of hydrogen-bond donors (Lipinski definition) is 0. The molecule has 2 rings (SSSR count). The number of rotatable bonds is 9. The summed E-state index contributed by atoms with van der Waals surface area (Å²) in [5.74, 6) is -0.270. The molecule has 0 atom stereocenters. The number of benzene rings is 2. The van der Waals surface area contributed by atoms with Crippen LogP contribution in [0, 0.1) is 17.1 Å². The fourth-order valence-corrected chi connectivity index (χ4v) is 2.60. The van der Waals surface area contributed by atoms with E-state index in [4.69, 9.17) is 5.26 Å². The van der Waals surface area contributed by atoms with Crippen molar-refractivity contribution >= 4 is 12.4 Å². The Labute approximate surface area is 154 Å². The lowest BCUT2D eigenvalue weighted by Gasteiger charge is -2.03. The van der Waals surface area contributed by atoms with E-state index in [1.54, 1.807) is 42.6 Å². The van der Waals surface area contributed by atoms with E-state index < -0.39 is 0 Å². The number of hydrogen-bond acceptors (Lipinski definition) is 3. The van der Waals surface area contributed by atoms with E-state index in [-0.39, 0.29) is 5.82 Å². The summed E-state index contributed by atoms with van der Waals surface area (Å²) in [4.78, 5) is 0. The molecule has 0 N–H and O–H groups in total. The van der Waals surface area contributed by atoms with Crippen LogP contribution < -0.4 is 0 Å². The Morgan fingerprint density at radius 2 is 1.69 bits per heavy atom. The Bertz CT molecular complexity index is 786. The van der Waals surface area contributed by atoms with Gasteiger partial charge >= 0.3 is 0 Å². The standard InChI is InChI=1S/C22H24FN3/c1-2-3-4-5-6-7-18-12-13-21(22(23)14-18)17-26-25-16-20-10-8-19(15-24)9-11-20/h8-14,16-17H,2-7H2,1H3. The minimum Gasteiger partial charge on any atom is -0.206 e. The van der Waals surface area contributed by atoms with Gasteiger partial charge in [-0.05, 0) is 42.2 Å². The van der Waals surface area contributed by atoms with Crippen molar-refractivity contribution in [1.29, 1.82) is 5.26 Å². The number of halogens is 1. The highest BCUT2D eigenvalue weighted by atomic mass is 19.1. The molecule has 2 aromatic rings. The van der Waals surface area contributed by atoms with E-state index in [9.17, 15) is 4.39 Å². The fourth-order valence-electron chi connectivity index (χ4n) is 2.60. The fraction of sp³-hybridized carbons (Fsp3) is 0.318. The summed E-state index contributed by atoms with van der Waals surface area (Å²) in [5, 5.41) is 16.6. The van der Waals surface area contributed by atoms with Crippen molar-refractivity contribution in [3.05, 3.63) is 70.5 Å². The van der Waals surface area contributed by atoms with E-state index >= 15 is 0 Å². The van der Waals surface area contributed by atoms with Crippen molar-refractivity contribution in [2.45, 2.75) is 45.4 Å². The topological polar surface area (TPSA) is 48.5 Å². The van der Waals surface area contributed by atoms with Crippen LogP contribution in [0.3, 0.4) is 0 Å². The third kappa shape index (κ3) is 6.60. The highest BCUT2D eigenvalue weighted by Crippen LogP contribution is 2.13. The summed E-state index contributed by atoms with van der Waals surface area (Å²) in [5.41, 5.74) is 2.88. The molecule has 0 radical (unpaired) electrons. The van der Waals surface area contributed by atoms with Gasteiger partial charge in [-0.2, -0.15) is 15.5 Å². The van der Waals surface area contributed by atoms with E-state index in [1.165, 1.54) is 31.9 Å². The SMILES string of the molecule is CCCCCCCc1ccc(C=NN=Cc2ccc(C#N)cc2)c(F)c1. The first-order chi connectivity index (χ1) is 12.7. The summed E-state index contributed by atoms with van der Waals surface area (Å²) >= 11 is 0. The van der Waals surface area contributed by atoms with E-state index in [0.29, 0.717) is 11.1 Å². The van der Waals surface area contributed by atoms with Gasteiger partial charge in [-0.15, -0.1) is 0 Å². The number of nitriles is 1. The van der Waals surface area contributed by atoms with Gasteiger partial charge in [-0.25, -0.2) is 4.39 Å². The molecule has 0 aliphatic heterocycles. The second-order valence-corrected chi connectivity index (χ2v) is 6.24. The smallest absolute Gasteiger partial charge is 0.132 e. The van der Waals surface area contributed by atoms with Crippen molar-refractivity contribution in [2.75, 3.05) is 0 Å². The molecule has 0 aliphatic rings. The highest BCUT2D eigenvalue weighted by molar-refractivity contribution is 5.83. The van der Waals surface area contributed by atoms with Crippen molar-refractivity contribution in [3.8, 4) is 6.07 Å². The third-order valence-electron chi connectivity index (χ3n) is 4.14. The Balaban J connectivity index is 1.87. The number of unbranched alkanes of at least 4 members (excludes halogenated alkanes) is 4. The summed E-state index contributed by atoms with van der Waals surface area (Å²) in [7, 11) is 0. The molecule has 0 heterocycles. The Morgan fingerprint density at radius 3 is 2.38 bits per heavy atom. The minimum atomic E-state index is -0.270. The predicted octanol–water partition coefficient (Wildman–Crippen LogP) is 5.66.